The van der Waals surface area contributed by atoms with Crippen molar-refractivity contribution in [3.05, 3.63) is 0 Å². The van der Waals surface area contributed by atoms with Crippen molar-refractivity contribution >= 4 is 34.8 Å². The van der Waals surface area contributed by atoms with Crippen molar-refractivity contribution in [2.75, 3.05) is 0 Å². The summed E-state index contributed by atoms with van der Waals surface area (Å²) in [6.45, 7) is 0.622. The Morgan fingerprint density at radius 3 is 1.18 bits per heavy atom. The lowest BCUT2D eigenvalue weighted by atomic mass is 10.3. The molecule has 0 fully saturated rings. The van der Waals surface area contributed by atoms with E-state index in [1.54, 1.807) is 0 Å². The van der Waals surface area contributed by atoms with Crippen LogP contribution in [0.15, 0.2) is 0 Å². The van der Waals surface area contributed by atoms with E-state index in [9.17, 15) is 17.6 Å². The number of hydrogen-bond acceptors (Lipinski definition) is 0. The van der Waals surface area contributed by atoms with Gasteiger partial charge in [-0.15, -0.1) is 0 Å². The van der Waals surface area contributed by atoms with E-state index < -0.39 is 15.6 Å². The zero-order chi connectivity index (χ0) is 9.50. The van der Waals surface area contributed by atoms with Gasteiger partial charge >= 0.3 is 11.3 Å². The molecule has 0 nitrogen and oxygen atoms in total. The lowest BCUT2D eigenvalue weighted by Gasteiger charge is -2.29. The zero-order valence-electron chi connectivity index (χ0n) is 5.15. The minimum atomic E-state index is -5.28. The van der Waals surface area contributed by atoms with Crippen molar-refractivity contribution in [2.24, 2.45) is 0 Å². The van der Waals surface area contributed by atoms with Gasteiger partial charge in [0.15, 0.2) is 4.33 Å². The molecular formula is C4H3Cl3F4. The molecular weight excluding hydrogens is 230 g/mol. The Labute approximate surface area is 75.4 Å². The van der Waals surface area contributed by atoms with Gasteiger partial charge < -0.3 is 0 Å². The summed E-state index contributed by atoms with van der Waals surface area (Å²) in [7, 11) is 0. The van der Waals surface area contributed by atoms with Crippen molar-refractivity contribution < 1.29 is 17.6 Å². The van der Waals surface area contributed by atoms with Gasteiger partial charge in [0, 0.05) is 0 Å². The van der Waals surface area contributed by atoms with Gasteiger partial charge in [0.1, 0.15) is 0 Å². The first-order chi connectivity index (χ1) is 4.50. The Morgan fingerprint density at radius 2 is 1.18 bits per heavy atom. The molecule has 0 aromatic carbocycles. The normalized spacial score (nSPS) is 19.6. The Bertz CT molecular complexity index is 128. The molecule has 0 aliphatic rings. The second-order valence-electron chi connectivity index (χ2n) is 1.96. The quantitative estimate of drug-likeness (QED) is 0.479. The first-order valence-electron chi connectivity index (χ1n) is 2.32. The highest BCUT2D eigenvalue weighted by atomic mass is 35.5. The van der Waals surface area contributed by atoms with E-state index in [-0.39, 0.29) is 0 Å². The van der Waals surface area contributed by atoms with Gasteiger partial charge in [-0.3, -0.25) is 0 Å². The average molecular weight is 233 g/mol. The summed E-state index contributed by atoms with van der Waals surface area (Å²) < 4.78 is 44.7. The molecule has 0 radical (unpaired) electrons. The molecule has 0 bridgehead atoms. The molecule has 0 N–H and O–H groups in total. The Balaban J connectivity index is 4.75. The first kappa shape index (κ1) is 11.6. The van der Waals surface area contributed by atoms with Crippen molar-refractivity contribution in [3.63, 3.8) is 0 Å². The lowest BCUT2D eigenvalue weighted by molar-refractivity contribution is -0.200. The molecule has 0 heterocycles. The Hall–Kier alpha value is 0.590. The Kier molecular flexibility index (Phi) is 2.97. The molecule has 0 saturated heterocycles. The minimum Gasteiger partial charge on any atom is -0.213 e. The van der Waals surface area contributed by atoms with Gasteiger partial charge in [0.2, 0.25) is 0 Å². The maximum atomic E-state index is 12.5. The molecule has 0 aromatic rings. The molecule has 0 saturated carbocycles. The van der Waals surface area contributed by atoms with Gasteiger partial charge in [0.05, 0.1) is 0 Å². The van der Waals surface area contributed by atoms with Crippen LogP contribution in [-0.2, 0) is 0 Å². The number of rotatable bonds is 1. The van der Waals surface area contributed by atoms with Gasteiger partial charge in [0.25, 0.3) is 0 Å². The predicted molar refractivity (Wildman–Crippen MR) is 35.9 cm³/mol. The van der Waals surface area contributed by atoms with Crippen LogP contribution < -0.4 is 0 Å². The van der Waals surface area contributed by atoms with E-state index in [4.69, 9.17) is 23.2 Å². The third-order valence-electron chi connectivity index (χ3n) is 0.907. The summed E-state index contributed by atoms with van der Waals surface area (Å²) >= 11 is 14.1. The third kappa shape index (κ3) is 2.26. The van der Waals surface area contributed by atoms with Crippen LogP contribution in [0.4, 0.5) is 17.6 Å². The van der Waals surface area contributed by atoms with Gasteiger partial charge in [-0.05, 0) is 6.92 Å². The standard InChI is InChI=1S/C4H3Cl3F4/c1-2(5,6)3(7,8)4(9,10)11/h1H3. The summed E-state index contributed by atoms with van der Waals surface area (Å²) in [6.07, 6.45) is -5.28. The van der Waals surface area contributed by atoms with Gasteiger partial charge in [-0.1, -0.05) is 34.8 Å². The highest BCUT2D eigenvalue weighted by Gasteiger charge is 2.65. The topological polar surface area (TPSA) is 0 Å². The van der Waals surface area contributed by atoms with Crippen molar-refractivity contribution in [1.82, 2.24) is 0 Å². The molecule has 11 heavy (non-hydrogen) atoms. The van der Waals surface area contributed by atoms with Crippen LogP contribution in [0.1, 0.15) is 6.92 Å². The van der Waals surface area contributed by atoms with E-state index in [1.165, 1.54) is 0 Å². The molecule has 0 aliphatic heterocycles. The van der Waals surface area contributed by atoms with Crippen LogP contribution >= 0.6 is 34.8 Å². The molecule has 1 atom stereocenters. The predicted octanol–water partition coefficient (Wildman–Crippen LogP) is 3.65. The molecule has 1 unspecified atom stereocenters. The summed E-state index contributed by atoms with van der Waals surface area (Å²) in [5.41, 5.74) is 0. The number of halogens is 7. The maximum Gasteiger partial charge on any atom is 0.439 e. The molecule has 7 heteroatoms. The second kappa shape index (κ2) is 2.82. The zero-order valence-corrected chi connectivity index (χ0v) is 7.41. The van der Waals surface area contributed by atoms with E-state index in [2.05, 4.69) is 11.6 Å². The van der Waals surface area contributed by atoms with Crippen LogP contribution in [0.2, 0.25) is 0 Å². The van der Waals surface area contributed by atoms with E-state index in [1.807, 2.05) is 0 Å². The van der Waals surface area contributed by atoms with Gasteiger partial charge in [-0.25, -0.2) is 4.39 Å². The summed E-state index contributed by atoms with van der Waals surface area (Å²) in [4.78, 5) is 0. The van der Waals surface area contributed by atoms with Crippen molar-refractivity contribution in [1.29, 1.82) is 0 Å². The first-order valence-corrected chi connectivity index (χ1v) is 3.46. The lowest BCUT2D eigenvalue weighted by Crippen LogP contribution is -2.47. The van der Waals surface area contributed by atoms with E-state index >= 15 is 0 Å². The van der Waals surface area contributed by atoms with Crippen LogP contribution in [0.5, 0.6) is 0 Å². The molecule has 0 aliphatic carbocycles. The number of hydrogen-bond donors (Lipinski definition) is 0. The smallest absolute Gasteiger partial charge is 0.213 e. The highest BCUT2D eigenvalue weighted by molar-refractivity contribution is 6.53. The summed E-state index contributed by atoms with van der Waals surface area (Å²) in [6, 6.07) is 0. The van der Waals surface area contributed by atoms with Gasteiger partial charge in [-0.2, -0.15) is 13.2 Å². The Morgan fingerprint density at radius 1 is 0.909 bits per heavy atom. The second-order valence-corrected chi connectivity index (χ2v) is 4.19. The van der Waals surface area contributed by atoms with Crippen molar-refractivity contribution in [3.8, 4) is 0 Å². The molecule has 0 amide bonds. The van der Waals surface area contributed by atoms with E-state index in [0.717, 1.165) is 0 Å². The monoisotopic (exact) mass is 232 g/mol. The highest BCUT2D eigenvalue weighted by Crippen LogP contribution is 2.50. The van der Waals surface area contributed by atoms with Crippen LogP contribution in [-0.4, -0.2) is 15.6 Å². The third-order valence-corrected chi connectivity index (χ3v) is 2.21. The van der Waals surface area contributed by atoms with Crippen molar-refractivity contribution in [2.45, 2.75) is 22.6 Å². The fourth-order valence-corrected chi connectivity index (χ4v) is 0.463. The van der Waals surface area contributed by atoms with Crippen LogP contribution in [0, 0.1) is 0 Å². The number of alkyl halides is 7. The summed E-state index contributed by atoms with van der Waals surface area (Å²) in [5.74, 6) is 0. The molecule has 0 aromatic heterocycles. The summed E-state index contributed by atoms with van der Waals surface area (Å²) in [5, 5.41) is -4.12. The molecule has 68 valence electrons. The SMILES string of the molecule is CC(Cl)(Cl)C(F)(Cl)C(F)(F)F. The van der Waals surface area contributed by atoms with Crippen LogP contribution in [0.25, 0.3) is 0 Å². The maximum absolute atomic E-state index is 12.5. The fraction of sp³-hybridized carbons (Fsp3) is 1.00. The fourth-order valence-electron chi connectivity index (χ4n) is 0.249. The average Bonchev–Trinajstić information content (AvgIpc) is 1.58. The molecule has 0 spiro atoms. The van der Waals surface area contributed by atoms with Crippen LogP contribution in [0.3, 0.4) is 0 Å². The largest absolute Gasteiger partial charge is 0.439 e. The molecule has 0 rings (SSSR count). The van der Waals surface area contributed by atoms with E-state index in [0.29, 0.717) is 6.92 Å². The minimum absolute atomic E-state index is 0.622.